The lowest BCUT2D eigenvalue weighted by Crippen LogP contribution is -2.38. The van der Waals surface area contributed by atoms with Gasteiger partial charge in [0.15, 0.2) is 5.76 Å². The van der Waals surface area contributed by atoms with Crippen LogP contribution in [0.15, 0.2) is 28.9 Å². The molecule has 2 aromatic heterocycles. The topological polar surface area (TPSA) is 105 Å². The first-order chi connectivity index (χ1) is 12.9. The Kier molecular flexibility index (Phi) is 5.91. The average molecular weight is 392 g/mol. The maximum absolute atomic E-state index is 12.3. The predicted molar refractivity (Wildman–Crippen MR) is 99.7 cm³/mol. The van der Waals surface area contributed by atoms with Gasteiger partial charge in [0, 0.05) is 37.0 Å². The number of aromatic nitrogens is 2. The van der Waals surface area contributed by atoms with E-state index in [0.29, 0.717) is 24.4 Å². The molecular formula is C18H24N4O4S. The molecule has 0 aromatic carbocycles. The molecule has 3 heterocycles. The minimum absolute atomic E-state index is 0.0484. The van der Waals surface area contributed by atoms with Crippen LogP contribution in [0.3, 0.4) is 0 Å². The van der Waals surface area contributed by atoms with Crippen molar-refractivity contribution in [2.24, 2.45) is 0 Å². The fraction of sp³-hybridized carbons (Fsp3) is 0.500. The number of nitrogens with zero attached hydrogens (tertiary/aromatic N) is 3. The Labute approximate surface area is 159 Å². The number of carbonyl (C=O) groups excluding carboxylic acids is 1. The van der Waals surface area contributed by atoms with Gasteiger partial charge in [-0.1, -0.05) is 12.1 Å². The number of aryl methyl sites for hydroxylation is 1. The van der Waals surface area contributed by atoms with E-state index in [1.54, 1.807) is 12.1 Å². The Balaban J connectivity index is 1.60. The zero-order chi connectivity index (χ0) is 19.4. The molecule has 0 saturated carbocycles. The van der Waals surface area contributed by atoms with Gasteiger partial charge in [0.1, 0.15) is 0 Å². The first-order valence-corrected chi connectivity index (χ1v) is 10.9. The standard InChI is InChI=1S/C18H24N4O4S/c1-3-15-9-16(26-21-15)11-20-18(23)13-6-7-17(19-10-13)14-5-4-8-22(12-14)27(2,24)25/h6-7,9-10,14H,3-5,8,11-12H2,1-2H3,(H,20,23)/t14-/m0/s1. The molecule has 1 fully saturated rings. The Morgan fingerprint density at radius 2 is 2.22 bits per heavy atom. The summed E-state index contributed by atoms with van der Waals surface area (Å²) in [6.45, 7) is 3.23. The number of rotatable bonds is 6. The molecule has 0 bridgehead atoms. The second kappa shape index (κ2) is 8.18. The highest BCUT2D eigenvalue weighted by molar-refractivity contribution is 7.88. The molecule has 0 spiro atoms. The first-order valence-electron chi connectivity index (χ1n) is 9.00. The van der Waals surface area contributed by atoms with Gasteiger partial charge in [-0.15, -0.1) is 0 Å². The third-order valence-corrected chi connectivity index (χ3v) is 5.98. The molecule has 1 aliphatic rings. The molecule has 8 nitrogen and oxygen atoms in total. The van der Waals surface area contributed by atoms with Gasteiger partial charge in [-0.25, -0.2) is 12.7 Å². The summed E-state index contributed by atoms with van der Waals surface area (Å²) in [5.74, 6) is 0.407. The normalized spacial score (nSPS) is 18.4. The summed E-state index contributed by atoms with van der Waals surface area (Å²) >= 11 is 0. The zero-order valence-corrected chi connectivity index (χ0v) is 16.3. The van der Waals surface area contributed by atoms with Crippen LogP contribution in [-0.2, 0) is 23.0 Å². The van der Waals surface area contributed by atoms with Crippen molar-refractivity contribution < 1.29 is 17.7 Å². The van der Waals surface area contributed by atoms with Gasteiger partial charge in [-0.2, -0.15) is 0 Å². The Hall–Kier alpha value is -2.26. The van der Waals surface area contributed by atoms with Crippen LogP contribution in [0.5, 0.6) is 0 Å². The Bertz CT molecular complexity index is 892. The molecular weight excluding hydrogens is 368 g/mol. The van der Waals surface area contributed by atoms with E-state index in [4.69, 9.17) is 4.52 Å². The molecule has 1 saturated heterocycles. The number of hydrogen-bond acceptors (Lipinski definition) is 6. The van der Waals surface area contributed by atoms with E-state index in [-0.39, 0.29) is 18.4 Å². The summed E-state index contributed by atoms with van der Waals surface area (Å²) in [5.41, 5.74) is 2.10. The molecule has 0 aliphatic carbocycles. The summed E-state index contributed by atoms with van der Waals surface area (Å²) in [7, 11) is -3.19. The van der Waals surface area contributed by atoms with Crippen molar-refractivity contribution in [3.8, 4) is 0 Å². The third-order valence-electron chi connectivity index (χ3n) is 4.71. The molecule has 0 radical (unpaired) electrons. The van der Waals surface area contributed by atoms with Gasteiger partial charge >= 0.3 is 0 Å². The van der Waals surface area contributed by atoms with Crippen LogP contribution in [-0.4, -0.2) is 48.1 Å². The minimum Gasteiger partial charge on any atom is -0.359 e. The van der Waals surface area contributed by atoms with Crippen molar-refractivity contribution in [2.75, 3.05) is 19.3 Å². The molecule has 3 rings (SSSR count). The van der Waals surface area contributed by atoms with E-state index in [0.717, 1.165) is 30.7 Å². The van der Waals surface area contributed by atoms with Crippen molar-refractivity contribution in [1.82, 2.24) is 19.8 Å². The van der Waals surface area contributed by atoms with Gasteiger partial charge in [-0.3, -0.25) is 9.78 Å². The second-order valence-electron chi connectivity index (χ2n) is 6.75. The van der Waals surface area contributed by atoms with E-state index >= 15 is 0 Å². The fourth-order valence-corrected chi connectivity index (χ4v) is 4.05. The average Bonchev–Trinajstić information content (AvgIpc) is 3.14. The van der Waals surface area contributed by atoms with Crippen molar-refractivity contribution in [3.05, 3.63) is 47.1 Å². The van der Waals surface area contributed by atoms with E-state index in [1.165, 1.54) is 16.8 Å². The lowest BCUT2D eigenvalue weighted by Gasteiger charge is -2.30. The summed E-state index contributed by atoms with van der Waals surface area (Å²) in [6.07, 6.45) is 5.23. The van der Waals surface area contributed by atoms with Crippen molar-refractivity contribution in [2.45, 2.75) is 38.6 Å². The van der Waals surface area contributed by atoms with Crippen LogP contribution in [0.1, 0.15) is 53.2 Å². The summed E-state index contributed by atoms with van der Waals surface area (Å²) < 4.78 is 30.1. The SMILES string of the molecule is CCc1cc(CNC(=O)c2ccc([C@H]3CCCN(S(C)(=O)=O)C3)nc2)on1. The van der Waals surface area contributed by atoms with E-state index in [1.807, 2.05) is 13.0 Å². The van der Waals surface area contributed by atoms with E-state index in [2.05, 4.69) is 15.5 Å². The molecule has 1 N–H and O–H groups in total. The monoisotopic (exact) mass is 392 g/mol. The summed E-state index contributed by atoms with van der Waals surface area (Å²) in [5, 5.41) is 6.67. The largest absolute Gasteiger partial charge is 0.359 e. The van der Waals surface area contributed by atoms with Crippen LogP contribution < -0.4 is 5.32 Å². The number of pyridine rings is 1. The maximum atomic E-state index is 12.3. The van der Waals surface area contributed by atoms with Crippen LogP contribution >= 0.6 is 0 Å². The highest BCUT2D eigenvalue weighted by Gasteiger charge is 2.27. The van der Waals surface area contributed by atoms with E-state index in [9.17, 15) is 13.2 Å². The lowest BCUT2D eigenvalue weighted by atomic mass is 9.95. The minimum atomic E-state index is -3.19. The molecule has 146 valence electrons. The van der Waals surface area contributed by atoms with Gasteiger partial charge in [-0.05, 0) is 31.4 Å². The first kappa shape index (κ1) is 19.5. The third kappa shape index (κ3) is 4.92. The number of sulfonamides is 1. The second-order valence-corrected chi connectivity index (χ2v) is 8.74. The molecule has 1 aliphatic heterocycles. The summed E-state index contributed by atoms with van der Waals surface area (Å²) in [4.78, 5) is 16.7. The van der Waals surface area contributed by atoms with Crippen molar-refractivity contribution in [1.29, 1.82) is 0 Å². The van der Waals surface area contributed by atoms with Gasteiger partial charge in [0.2, 0.25) is 10.0 Å². The molecule has 27 heavy (non-hydrogen) atoms. The van der Waals surface area contributed by atoms with Gasteiger partial charge in [0.25, 0.3) is 5.91 Å². The highest BCUT2D eigenvalue weighted by atomic mass is 32.2. The van der Waals surface area contributed by atoms with Crippen LogP contribution in [0.25, 0.3) is 0 Å². The molecule has 1 atom stereocenters. The van der Waals surface area contributed by atoms with Crippen LogP contribution in [0.2, 0.25) is 0 Å². The number of hydrogen-bond donors (Lipinski definition) is 1. The van der Waals surface area contributed by atoms with E-state index < -0.39 is 10.0 Å². The molecule has 9 heteroatoms. The number of nitrogens with one attached hydrogen (secondary N) is 1. The number of carbonyl (C=O) groups is 1. The smallest absolute Gasteiger partial charge is 0.253 e. The maximum Gasteiger partial charge on any atom is 0.253 e. The lowest BCUT2D eigenvalue weighted by molar-refractivity contribution is 0.0946. The van der Waals surface area contributed by atoms with Crippen molar-refractivity contribution in [3.63, 3.8) is 0 Å². The van der Waals surface area contributed by atoms with Crippen LogP contribution in [0, 0.1) is 0 Å². The molecule has 2 aromatic rings. The zero-order valence-electron chi connectivity index (χ0n) is 15.5. The Morgan fingerprint density at radius 3 is 2.85 bits per heavy atom. The van der Waals surface area contributed by atoms with Crippen molar-refractivity contribution >= 4 is 15.9 Å². The number of amides is 1. The predicted octanol–water partition coefficient (Wildman–Crippen LogP) is 1.70. The quantitative estimate of drug-likeness (QED) is 0.802. The molecule has 1 amide bonds. The number of piperidine rings is 1. The summed E-state index contributed by atoms with van der Waals surface area (Å²) in [6, 6.07) is 5.34. The van der Waals surface area contributed by atoms with Gasteiger partial charge < -0.3 is 9.84 Å². The fourth-order valence-electron chi connectivity index (χ4n) is 3.14. The molecule has 0 unspecified atom stereocenters. The van der Waals surface area contributed by atoms with Gasteiger partial charge in [0.05, 0.1) is 24.1 Å². The van der Waals surface area contributed by atoms with Crippen LogP contribution in [0.4, 0.5) is 0 Å². The Morgan fingerprint density at radius 1 is 1.41 bits per heavy atom. The highest BCUT2D eigenvalue weighted by Crippen LogP contribution is 2.26.